The first kappa shape index (κ1) is 42.3. The summed E-state index contributed by atoms with van der Waals surface area (Å²) in [5.41, 5.74) is -1.93. The van der Waals surface area contributed by atoms with Crippen LogP contribution in [-0.2, 0) is 38.0 Å². The van der Waals surface area contributed by atoms with Gasteiger partial charge in [0.2, 0.25) is 0 Å². The van der Waals surface area contributed by atoms with E-state index in [-0.39, 0.29) is 64.2 Å². The van der Waals surface area contributed by atoms with Crippen LogP contribution in [0.25, 0.3) is 0 Å². The van der Waals surface area contributed by atoms with Gasteiger partial charge >= 0.3 is 5.97 Å². The van der Waals surface area contributed by atoms with Crippen LogP contribution in [-0.4, -0.2) is 146 Å². The van der Waals surface area contributed by atoms with Crippen molar-refractivity contribution in [1.82, 2.24) is 0 Å². The van der Waals surface area contributed by atoms with E-state index >= 15 is 0 Å². The predicted octanol–water partition coefficient (Wildman–Crippen LogP) is 1.52. The van der Waals surface area contributed by atoms with Crippen LogP contribution in [0.5, 0.6) is 0 Å². The maximum atomic E-state index is 12.9. The van der Waals surface area contributed by atoms with Crippen molar-refractivity contribution >= 4 is 5.97 Å². The van der Waals surface area contributed by atoms with E-state index in [1.54, 1.807) is 0 Å². The smallest absolute Gasteiger partial charge is 0.303 e. The molecule has 4 aliphatic heterocycles. The van der Waals surface area contributed by atoms with Gasteiger partial charge < -0.3 is 68.9 Å². The SMILES string of the molecule is CC(=O)OC(C)(C)[C@H]1O[C@@]23O[C@@H]1C[C@@H](C)[C@@H]2[C@@]1(C)CC[C@@]24C[C@@]25CC[C@H](O[C@@H]2OC[C@@H](O)[C@H](O)[C@H]2O[C@@H]2O[C@H](CO)[C@@H](O)[C@H](O)[C@H]2O)C(C)(C)[C@@H]5CC[C@H]4[C@]1(C)[C@H]3O. The van der Waals surface area contributed by atoms with Crippen molar-refractivity contribution in [3.8, 4) is 0 Å². The highest BCUT2D eigenvalue weighted by atomic mass is 16.8. The van der Waals surface area contributed by atoms with E-state index in [2.05, 4.69) is 34.6 Å². The monoisotopic (exact) mass is 824 g/mol. The molecule has 9 fully saturated rings. The van der Waals surface area contributed by atoms with E-state index in [9.17, 15) is 40.5 Å². The summed E-state index contributed by atoms with van der Waals surface area (Å²) in [7, 11) is 0. The second kappa shape index (κ2) is 13.5. The zero-order chi connectivity index (χ0) is 41.9. The molecule has 22 atom stereocenters. The standard InChI is InChI=1S/C43H68O15/c1-19-15-22-33(38(5,6)56-20(2)45)58-43(57-22)32(19)39(7)13-14-42-18-41(42)12-11-26(37(3,4)24(41)9-10-25(42)40(39,8)36(43)51)54-35-31(27(47)21(46)17-52-35)55-34-30(50)29(49)28(48)23(16-44)53-34/h19,21-36,44,46-51H,9-18H2,1-8H3/t19-,21-,22-,23-,24+,25+,26+,27+,28-,29+,30-,31-,32-,33+,34+,35+,36-,39-,40-,41-,42+,43+/m1/s1. The molecule has 58 heavy (non-hydrogen) atoms. The fraction of sp³-hybridized carbons (Fsp3) is 0.977. The third-order valence-corrected chi connectivity index (χ3v) is 18.4. The summed E-state index contributed by atoms with van der Waals surface area (Å²) < 4.78 is 44.1. The van der Waals surface area contributed by atoms with Crippen LogP contribution in [0.4, 0.5) is 0 Å². The molecule has 0 unspecified atom stereocenters. The van der Waals surface area contributed by atoms with Crippen LogP contribution < -0.4 is 0 Å². The molecule has 5 saturated carbocycles. The lowest BCUT2D eigenvalue weighted by molar-refractivity contribution is -0.366. The van der Waals surface area contributed by atoms with Gasteiger partial charge in [-0.05, 0) is 105 Å². The predicted molar refractivity (Wildman–Crippen MR) is 201 cm³/mol. The van der Waals surface area contributed by atoms with E-state index in [1.165, 1.54) is 6.92 Å². The molecule has 7 N–H and O–H groups in total. The number of carbonyl (C=O) groups is 1. The third kappa shape index (κ3) is 5.35. The highest BCUT2D eigenvalue weighted by Crippen LogP contribution is 2.90. The van der Waals surface area contributed by atoms with E-state index < -0.39 is 90.9 Å². The second-order valence-corrected chi connectivity index (χ2v) is 21.6. The van der Waals surface area contributed by atoms with Gasteiger partial charge in [0.1, 0.15) is 60.5 Å². The zero-order valence-electron chi connectivity index (χ0n) is 35.3. The Bertz CT molecular complexity index is 1620. The third-order valence-electron chi connectivity index (χ3n) is 18.4. The lowest BCUT2D eigenvalue weighted by atomic mass is 9.41. The first-order chi connectivity index (χ1) is 27.1. The molecule has 2 bridgehead atoms. The lowest BCUT2D eigenvalue weighted by Crippen LogP contribution is -2.64. The molecule has 3 spiro atoms. The van der Waals surface area contributed by atoms with Crippen molar-refractivity contribution in [2.45, 2.75) is 198 Å². The Labute approximate surface area is 341 Å². The van der Waals surface area contributed by atoms with Crippen molar-refractivity contribution in [1.29, 1.82) is 0 Å². The molecule has 0 aromatic heterocycles. The van der Waals surface area contributed by atoms with Gasteiger partial charge in [0.25, 0.3) is 0 Å². The molecule has 0 aromatic rings. The number of aliphatic hydroxyl groups excluding tert-OH is 7. The molecular weight excluding hydrogens is 756 g/mol. The van der Waals surface area contributed by atoms with Crippen molar-refractivity contribution in [2.75, 3.05) is 13.2 Å². The number of hydrogen-bond acceptors (Lipinski definition) is 15. The number of esters is 1. The zero-order valence-corrected chi connectivity index (χ0v) is 35.3. The largest absolute Gasteiger partial charge is 0.457 e. The molecule has 330 valence electrons. The maximum absolute atomic E-state index is 12.9. The van der Waals surface area contributed by atoms with E-state index in [4.69, 9.17) is 33.2 Å². The molecule has 9 rings (SSSR count). The Hall–Kier alpha value is -1.05. The summed E-state index contributed by atoms with van der Waals surface area (Å²) in [5.74, 6) is -0.814. The highest BCUT2D eigenvalue weighted by Gasteiger charge is 2.88. The molecule has 4 saturated heterocycles. The summed E-state index contributed by atoms with van der Waals surface area (Å²) in [6.45, 7) is 15.8. The van der Waals surface area contributed by atoms with E-state index in [1.807, 2.05) is 13.8 Å². The summed E-state index contributed by atoms with van der Waals surface area (Å²) in [6, 6.07) is 0. The van der Waals surface area contributed by atoms with Gasteiger partial charge in [-0.15, -0.1) is 0 Å². The first-order valence-electron chi connectivity index (χ1n) is 21.9. The molecule has 0 radical (unpaired) electrons. The molecule has 4 heterocycles. The van der Waals surface area contributed by atoms with Crippen LogP contribution in [0.15, 0.2) is 0 Å². The van der Waals surface area contributed by atoms with Gasteiger partial charge in [-0.1, -0.05) is 34.6 Å². The number of fused-ring (bicyclic) bond motifs is 4. The van der Waals surface area contributed by atoms with Crippen molar-refractivity contribution in [2.24, 2.45) is 50.7 Å². The Kier molecular flexibility index (Phi) is 9.82. The Morgan fingerprint density at radius 1 is 0.828 bits per heavy atom. The quantitative estimate of drug-likeness (QED) is 0.143. The molecule has 9 aliphatic rings. The van der Waals surface area contributed by atoms with Crippen molar-refractivity contribution < 1.29 is 73.7 Å². The second-order valence-electron chi connectivity index (χ2n) is 21.6. The Balaban J connectivity index is 0.959. The topological polar surface area (TPSA) is 223 Å². The maximum Gasteiger partial charge on any atom is 0.303 e. The molecule has 0 amide bonds. The van der Waals surface area contributed by atoms with Crippen LogP contribution >= 0.6 is 0 Å². The molecule has 15 heteroatoms. The number of carbonyl (C=O) groups excluding carboxylic acids is 1. The van der Waals surface area contributed by atoms with Crippen LogP contribution in [0.3, 0.4) is 0 Å². The summed E-state index contributed by atoms with van der Waals surface area (Å²) in [4.78, 5) is 12.2. The molecular formula is C43H68O15. The molecule has 5 aliphatic carbocycles. The summed E-state index contributed by atoms with van der Waals surface area (Å²) in [6.07, 6.45) is -7.60. The average molecular weight is 825 g/mol. The van der Waals surface area contributed by atoms with Gasteiger partial charge in [-0.3, -0.25) is 4.79 Å². The Morgan fingerprint density at radius 3 is 2.21 bits per heavy atom. The van der Waals surface area contributed by atoms with Crippen LogP contribution in [0.1, 0.15) is 107 Å². The highest BCUT2D eigenvalue weighted by molar-refractivity contribution is 5.66. The minimum Gasteiger partial charge on any atom is -0.457 e. The molecule has 0 aromatic carbocycles. The van der Waals surface area contributed by atoms with E-state index in [0.717, 1.165) is 44.9 Å². The Morgan fingerprint density at radius 2 is 1.52 bits per heavy atom. The van der Waals surface area contributed by atoms with Gasteiger partial charge in [0.05, 0.1) is 25.4 Å². The molecule has 15 nitrogen and oxygen atoms in total. The van der Waals surface area contributed by atoms with Gasteiger partial charge in [-0.25, -0.2) is 0 Å². The number of aliphatic hydroxyl groups is 7. The van der Waals surface area contributed by atoms with Gasteiger partial charge in [0, 0.05) is 18.3 Å². The fourth-order valence-corrected chi connectivity index (χ4v) is 15.8. The summed E-state index contributed by atoms with van der Waals surface area (Å²) >= 11 is 0. The van der Waals surface area contributed by atoms with Crippen molar-refractivity contribution in [3.63, 3.8) is 0 Å². The lowest BCUT2D eigenvalue weighted by Gasteiger charge is -2.63. The van der Waals surface area contributed by atoms with Gasteiger partial charge in [0.15, 0.2) is 18.4 Å². The van der Waals surface area contributed by atoms with Crippen LogP contribution in [0.2, 0.25) is 0 Å². The minimum atomic E-state index is -1.71. The number of ether oxygens (including phenoxy) is 7. The summed E-state index contributed by atoms with van der Waals surface area (Å²) in [5, 5.41) is 75.8. The van der Waals surface area contributed by atoms with Crippen LogP contribution in [0, 0.1) is 50.7 Å². The average Bonchev–Trinajstić information content (AvgIpc) is 3.67. The van der Waals surface area contributed by atoms with Gasteiger partial charge in [-0.2, -0.15) is 0 Å². The minimum absolute atomic E-state index is 0.0257. The first-order valence-corrected chi connectivity index (χ1v) is 21.9. The fourth-order valence-electron chi connectivity index (χ4n) is 15.8. The van der Waals surface area contributed by atoms with Crippen molar-refractivity contribution in [3.05, 3.63) is 0 Å². The van der Waals surface area contributed by atoms with E-state index in [0.29, 0.717) is 12.3 Å². The number of hydrogen-bond donors (Lipinski definition) is 7. The normalized spacial score (nSPS) is 57.9. The number of rotatable bonds is 7.